The average molecular weight is 390 g/mol. The number of nitrogens with one attached hydrogen (secondary N) is 2. The Morgan fingerprint density at radius 2 is 1.78 bits per heavy atom. The van der Waals surface area contributed by atoms with Crippen molar-refractivity contribution in [1.29, 1.82) is 0 Å². The number of amides is 1. The molecular weight excluding hydrogens is 362 g/mol. The van der Waals surface area contributed by atoms with Gasteiger partial charge in [-0.3, -0.25) is 9.78 Å². The minimum Gasteiger partial charge on any atom is -0.325 e. The molecule has 0 aliphatic heterocycles. The van der Waals surface area contributed by atoms with Gasteiger partial charge < -0.3 is 5.32 Å². The highest BCUT2D eigenvalue weighted by Gasteiger charge is 2.34. The van der Waals surface area contributed by atoms with Crippen molar-refractivity contribution in [3.8, 4) is 0 Å². The second-order valence-corrected chi connectivity index (χ2v) is 10.6. The van der Waals surface area contributed by atoms with Crippen molar-refractivity contribution in [2.45, 2.75) is 57.2 Å². The average Bonchev–Trinajstić information content (AvgIpc) is 2.61. The molecule has 6 nitrogen and oxygen atoms in total. The SMILES string of the molecule is CC(C)(C)S(=O)(=O)NC1CCC(C(=O)Nc2cccc3ncccc23)CC1. The Morgan fingerprint density at radius 3 is 2.44 bits per heavy atom. The van der Waals surface area contributed by atoms with Crippen LogP contribution in [0.3, 0.4) is 0 Å². The zero-order chi connectivity index (χ0) is 19.7. The number of nitrogens with zero attached hydrogens (tertiary/aromatic N) is 1. The Bertz CT molecular complexity index is 922. The summed E-state index contributed by atoms with van der Waals surface area (Å²) in [6.07, 6.45) is 4.42. The zero-order valence-corrected chi connectivity index (χ0v) is 16.8. The summed E-state index contributed by atoms with van der Waals surface area (Å²) < 4.78 is 26.6. The van der Waals surface area contributed by atoms with Gasteiger partial charge in [-0.05, 0) is 70.7 Å². The fraction of sp³-hybridized carbons (Fsp3) is 0.500. The van der Waals surface area contributed by atoms with Gasteiger partial charge >= 0.3 is 0 Å². The van der Waals surface area contributed by atoms with E-state index in [9.17, 15) is 13.2 Å². The largest absolute Gasteiger partial charge is 0.325 e. The molecule has 0 spiro atoms. The molecule has 1 aromatic carbocycles. The molecule has 1 amide bonds. The number of sulfonamides is 1. The fourth-order valence-electron chi connectivity index (χ4n) is 3.32. The molecule has 1 fully saturated rings. The van der Waals surface area contributed by atoms with E-state index in [1.165, 1.54) is 0 Å². The van der Waals surface area contributed by atoms with E-state index in [4.69, 9.17) is 0 Å². The number of anilines is 1. The minimum absolute atomic E-state index is 0.0107. The van der Waals surface area contributed by atoms with Crippen molar-refractivity contribution in [3.63, 3.8) is 0 Å². The minimum atomic E-state index is -3.37. The van der Waals surface area contributed by atoms with Gasteiger partial charge in [0.05, 0.1) is 16.0 Å². The van der Waals surface area contributed by atoms with Gasteiger partial charge in [0, 0.05) is 23.5 Å². The lowest BCUT2D eigenvalue weighted by atomic mass is 9.86. The Kier molecular flexibility index (Phi) is 5.53. The molecule has 1 aliphatic rings. The first kappa shape index (κ1) is 19.8. The molecule has 0 radical (unpaired) electrons. The van der Waals surface area contributed by atoms with Crippen molar-refractivity contribution in [2.24, 2.45) is 5.92 Å². The highest BCUT2D eigenvalue weighted by atomic mass is 32.2. The molecule has 0 bridgehead atoms. The maximum atomic E-state index is 12.7. The maximum absolute atomic E-state index is 12.7. The number of benzene rings is 1. The first-order valence-electron chi connectivity index (χ1n) is 9.34. The third-order valence-corrected chi connectivity index (χ3v) is 7.39. The van der Waals surface area contributed by atoms with Gasteiger partial charge in [-0.2, -0.15) is 0 Å². The Morgan fingerprint density at radius 1 is 1.07 bits per heavy atom. The quantitative estimate of drug-likeness (QED) is 0.838. The van der Waals surface area contributed by atoms with Crippen molar-refractivity contribution >= 4 is 32.5 Å². The second-order valence-electron chi connectivity index (χ2n) is 8.15. The summed E-state index contributed by atoms with van der Waals surface area (Å²) in [7, 11) is -3.37. The Balaban J connectivity index is 1.60. The van der Waals surface area contributed by atoms with Gasteiger partial charge in [-0.15, -0.1) is 0 Å². The van der Waals surface area contributed by atoms with Crippen LogP contribution in [0.2, 0.25) is 0 Å². The molecule has 3 rings (SSSR count). The monoisotopic (exact) mass is 389 g/mol. The molecule has 0 atom stereocenters. The standard InChI is InChI=1S/C20H27N3O3S/c1-20(2,3)27(25,26)23-15-11-9-14(10-12-15)19(24)22-18-8-4-7-17-16(18)6-5-13-21-17/h4-8,13-15,23H,9-12H2,1-3H3,(H,22,24). The number of aromatic nitrogens is 1. The van der Waals surface area contributed by atoms with E-state index in [0.29, 0.717) is 25.7 Å². The Hall–Kier alpha value is -1.99. The van der Waals surface area contributed by atoms with Crippen LogP contribution >= 0.6 is 0 Å². The normalized spacial score (nSPS) is 21.1. The van der Waals surface area contributed by atoms with Crippen molar-refractivity contribution in [1.82, 2.24) is 9.71 Å². The van der Waals surface area contributed by atoms with Crippen LogP contribution in [-0.4, -0.2) is 30.1 Å². The van der Waals surface area contributed by atoms with E-state index < -0.39 is 14.8 Å². The fourth-order valence-corrected chi connectivity index (χ4v) is 4.34. The smallest absolute Gasteiger partial charge is 0.227 e. The van der Waals surface area contributed by atoms with E-state index in [2.05, 4.69) is 15.0 Å². The lowest BCUT2D eigenvalue weighted by Crippen LogP contribution is -2.46. The summed E-state index contributed by atoms with van der Waals surface area (Å²) in [4.78, 5) is 17.0. The number of fused-ring (bicyclic) bond motifs is 1. The molecule has 1 heterocycles. The maximum Gasteiger partial charge on any atom is 0.227 e. The summed E-state index contributed by atoms with van der Waals surface area (Å²) >= 11 is 0. The van der Waals surface area contributed by atoms with Crippen LogP contribution in [0.25, 0.3) is 10.9 Å². The van der Waals surface area contributed by atoms with Crippen molar-refractivity contribution < 1.29 is 13.2 Å². The molecule has 0 saturated heterocycles. The highest BCUT2D eigenvalue weighted by molar-refractivity contribution is 7.90. The van der Waals surface area contributed by atoms with Crippen LogP contribution in [0.5, 0.6) is 0 Å². The second kappa shape index (κ2) is 7.56. The van der Waals surface area contributed by atoms with Crippen LogP contribution < -0.4 is 10.0 Å². The van der Waals surface area contributed by atoms with E-state index in [0.717, 1.165) is 16.6 Å². The summed E-state index contributed by atoms with van der Waals surface area (Å²) in [5.41, 5.74) is 1.61. The lowest BCUT2D eigenvalue weighted by molar-refractivity contribution is -0.120. The van der Waals surface area contributed by atoms with Crippen LogP contribution in [0.15, 0.2) is 36.5 Å². The van der Waals surface area contributed by atoms with E-state index in [1.54, 1.807) is 27.0 Å². The van der Waals surface area contributed by atoms with Crippen molar-refractivity contribution in [2.75, 3.05) is 5.32 Å². The number of carbonyl (C=O) groups is 1. The first-order valence-corrected chi connectivity index (χ1v) is 10.8. The lowest BCUT2D eigenvalue weighted by Gasteiger charge is -2.30. The number of hydrogen-bond donors (Lipinski definition) is 2. The summed E-state index contributed by atoms with van der Waals surface area (Å²) in [5.74, 6) is -0.115. The van der Waals surface area contributed by atoms with Crippen LogP contribution in [0, 0.1) is 5.92 Å². The molecule has 2 aromatic rings. The third-order valence-electron chi connectivity index (χ3n) is 5.13. The summed E-state index contributed by atoms with van der Waals surface area (Å²) in [6.45, 7) is 5.06. The van der Waals surface area contributed by atoms with Gasteiger partial charge in [0.2, 0.25) is 15.9 Å². The highest BCUT2D eigenvalue weighted by Crippen LogP contribution is 2.28. The molecule has 146 valence electrons. The van der Waals surface area contributed by atoms with Crippen molar-refractivity contribution in [3.05, 3.63) is 36.5 Å². The van der Waals surface area contributed by atoms with Crippen LogP contribution in [0.4, 0.5) is 5.69 Å². The predicted molar refractivity (Wildman–Crippen MR) is 108 cm³/mol. The number of carbonyl (C=O) groups excluding carboxylic acids is 1. The molecule has 1 aliphatic carbocycles. The molecular formula is C20H27N3O3S. The van der Waals surface area contributed by atoms with Crippen LogP contribution in [0.1, 0.15) is 46.5 Å². The predicted octanol–water partition coefficient (Wildman–Crippen LogP) is 3.45. The van der Waals surface area contributed by atoms with Gasteiger partial charge in [0.15, 0.2) is 0 Å². The molecule has 1 saturated carbocycles. The van der Waals surface area contributed by atoms with E-state index >= 15 is 0 Å². The Labute approximate surface area is 160 Å². The number of pyridine rings is 1. The summed E-state index contributed by atoms with van der Waals surface area (Å²) in [6, 6.07) is 9.37. The summed E-state index contributed by atoms with van der Waals surface area (Å²) in [5, 5.41) is 3.94. The first-order chi connectivity index (χ1) is 12.7. The topological polar surface area (TPSA) is 88.2 Å². The molecule has 1 aromatic heterocycles. The number of hydrogen-bond acceptors (Lipinski definition) is 4. The third kappa shape index (κ3) is 4.47. The van der Waals surface area contributed by atoms with Gasteiger partial charge in [-0.1, -0.05) is 6.07 Å². The van der Waals surface area contributed by atoms with E-state index in [-0.39, 0.29) is 17.9 Å². The van der Waals surface area contributed by atoms with Gasteiger partial charge in [0.1, 0.15) is 0 Å². The molecule has 2 N–H and O–H groups in total. The van der Waals surface area contributed by atoms with E-state index in [1.807, 2.05) is 30.3 Å². The molecule has 7 heteroatoms. The number of rotatable bonds is 4. The molecule has 27 heavy (non-hydrogen) atoms. The van der Waals surface area contributed by atoms with Gasteiger partial charge in [0.25, 0.3) is 0 Å². The molecule has 0 unspecified atom stereocenters. The zero-order valence-electron chi connectivity index (χ0n) is 16.0. The van der Waals surface area contributed by atoms with Gasteiger partial charge in [-0.25, -0.2) is 13.1 Å². The van der Waals surface area contributed by atoms with Crippen LogP contribution in [-0.2, 0) is 14.8 Å².